The van der Waals surface area contributed by atoms with Crippen LogP contribution < -0.4 is 10.8 Å². The molecule has 0 spiro atoms. The second-order valence-electron chi connectivity index (χ2n) is 7.12. The molecule has 2 nitrogen and oxygen atoms in total. The maximum absolute atomic E-state index is 6.73. The van der Waals surface area contributed by atoms with Crippen LogP contribution >= 0.6 is 8.07 Å². The molecule has 0 aromatic heterocycles. The molecule has 0 radical (unpaired) electrons. The molecule has 2 fully saturated rings. The summed E-state index contributed by atoms with van der Waals surface area (Å²) >= 11 is 0. The molecule has 2 rings (SSSR count). The Balaban J connectivity index is 1.67. The largest absolute Gasteiger partial charge is 0.324 e. The number of hydrogen-bond donors (Lipinski definition) is 2. The first-order valence-electron chi connectivity index (χ1n) is 8.57. The molecule has 21 heavy (non-hydrogen) atoms. The van der Waals surface area contributed by atoms with E-state index < -0.39 is 0 Å². The minimum absolute atomic E-state index is 0.129. The third-order valence-corrected chi connectivity index (χ3v) is 7.22. The van der Waals surface area contributed by atoms with Crippen LogP contribution in [-0.4, -0.2) is 24.9 Å². The molecule has 5 atom stereocenters. The lowest BCUT2D eigenvalue weighted by Crippen LogP contribution is -2.33. The van der Waals surface area contributed by atoms with E-state index in [-0.39, 0.29) is 13.6 Å². The molecule has 3 N–H and O–H groups in total. The monoisotopic (exact) mass is 308 g/mol. The smallest absolute Gasteiger partial charge is 0.0272 e. The van der Waals surface area contributed by atoms with Crippen molar-refractivity contribution in [3.8, 4) is 0 Å². The zero-order chi connectivity index (χ0) is 15.5. The van der Waals surface area contributed by atoms with Gasteiger partial charge in [-0.15, -0.1) is 0 Å². The van der Waals surface area contributed by atoms with E-state index in [0.29, 0.717) is 0 Å². The average molecular weight is 308 g/mol. The summed E-state index contributed by atoms with van der Waals surface area (Å²) in [7, 11) is -0.129. The summed E-state index contributed by atoms with van der Waals surface area (Å²) in [5.41, 5.74) is 8.10. The lowest BCUT2D eigenvalue weighted by molar-refractivity contribution is 0.358. The molecule has 0 heterocycles. The van der Waals surface area contributed by atoms with Crippen LogP contribution in [0.1, 0.15) is 46.0 Å². The normalized spacial score (nSPS) is 36.5. The highest BCUT2D eigenvalue weighted by molar-refractivity contribution is 7.54. The molecule has 3 heteroatoms. The van der Waals surface area contributed by atoms with Gasteiger partial charge in [0.15, 0.2) is 0 Å². The molecule has 5 unspecified atom stereocenters. The average Bonchev–Trinajstić information content (AvgIpc) is 3.04. The molecule has 0 aliphatic heterocycles. The summed E-state index contributed by atoms with van der Waals surface area (Å²) in [5.74, 6) is 2.48. The van der Waals surface area contributed by atoms with Crippen molar-refractivity contribution in [3.05, 3.63) is 24.3 Å². The Morgan fingerprint density at radius 3 is 2.90 bits per heavy atom. The molecule has 0 saturated heterocycles. The van der Waals surface area contributed by atoms with Crippen molar-refractivity contribution in [1.82, 2.24) is 5.09 Å². The van der Waals surface area contributed by atoms with Gasteiger partial charge in [-0.05, 0) is 57.9 Å². The number of allylic oxidation sites excluding steroid dienone is 2. The van der Waals surface area contributed by atoms with E-state index in [4.69, 9.17) is 5.73 Å². The van der Waals surface area contributed by atoms with Gasteiger partial charge in [-0.25, -0.2) is 0 Å². The topological polar surface area (TPSA) is 38.0 Å². The van der Waals surface area contributed by atoms with Crippen LogP contribution in [0.4, 0.5) is 0 Å². The van der Waals surface area contributed by atoms with Crippen molar-refractivity contribution in [2.75, 3.05) is 19.4 Å². The molecule has 0 aromatic carbocycles. The van der Waals surface area contributed by atoms with Gasteiger partial charge < -0.3 is 5.73 Å². The predicted molar refractivity (Wildman–Crippen MR) is 95.8 cm³/mol. The van der Waals surface area contributed by atoms with Crippen LogP contribution in [0.3, 0.4) is 0 Å². The highest BCUT2D eigenvalue weighted by Gasteiger charge is 2.64. The molecular weight excluding hydrogens is 275 g/mol. The molecule has 2 saturated carbocycles. The van der Waals surface area contributed by atoms with Crippen molar-refractivity contribution in [1.29, 1.82) is 0 Å². The van der Waals surface area contributed by atoms with E-state index >= 15 is 0 Å². The molecule has 120 valence electrons. The molecule has 0 bridgehead atoms. The van der Waals surface area contributed by atoms with Crippen molar-refractivity contribution in [2.24, 2.45) is 23.5 Å². The SMILES string of the molecule is C=C(/C=C/CCNP(C)CC1(N)C2CCCC(C)C21)CC. The first-order chi connectivity index (χ1) is 9.99. The third-order valence-electron chi connectivity index (χ3n) is 5.43. The summed E-state index contributed by atoms with van der Waals surface area (Å²) in [4.78, 5) is 0. The lowest BCUT2D eigenvalue weighted by atomic mass is 9.91. The summed E-state index contributed by atoms with van der Waals surface area (Å²) in [6, 6.07) is 0. The van der Waals surface area contributed by atoms with E-state index in [1.54, 1.807) is 0 Å². The minimum atomic E-state index is -0.129. The number of nitrogens with two attached hydrogens (primary N) is 1. The standard InChI is InChI=1S/C18H33N2P/c1-5-14(2)9-6-7-12-20-21(4)13-18(19)16-11-8-10-15(3)17(16)18/h6,9,15-17,20H,2,5,7-8,10-13,19H2,1,3-4H3/b9-6+. The third kappa shape index (κ3) is 4.18. The van der Waals surface area contributed by atoms with Crippen LogP contribution in [0.5, 0.6) is 0 Å². The van der Waals surface area contributed by atoms with Crippen LogP contribution in [0, 0.1) is 17.8 Å². The van der Waals surface area contributed by atoms with Crippen molar-refractivity contribution in [3.63, 3.8) is 0 Å². The highest BCUT2D eigenvalue weighted by atomic mass is 31.1. The fourth-order valence-electron chi connectivity index (χ4n) is 4.18. The van der Waals surface area contributed by atoms with Crippen molar-refractivity contribution < 1.29 is 0 Å². The summed E-state index contributed by atoms with van der Waals surface area (Å²) < 4.78 is 0. The van der Waals surface area contributed by atoms with Gasteiger partial charge in [-0.3, -0.25) is 5.09 Å². The second-order valence-corrected chi connectivity index (χ2v) is 9.15. The van der Waals surface area contributed by atoms with Crippen LogP contribution in [0.25, 0.3) is 0 Å². The van der Waals surface area contributed by atoms with E-state index in [2.05, 4.69) is 44.3 Å². The molecule has 0 aromatic rings. The molecule has 0 amide bonds. The van der Waals surface area contributed by atoms with Gasteiger partial charge in [-0.2, -0.15) is 0 Å². The zero-order valence-corrected chi connectivity index (χ0v) is 15.0. The van der Waals surface area contributed by atoms with E-state index in [1.807, 2.05) is 0 Å². The van der Waals surface area contributed by atoms with Gasteiger partial charge in [0.05, 0.1) is 0 Å². The van der Waals surface area contributed by atoms with Crippen molar-refractivity contribution in [2.45, 2.75) is 51.5 Å². The quantitative estimate of drug-likeness (QED) is 0.399. The first kappa shape index (κ1) is 17.2. The number of nitrogens with one attached hydrogen (secondary N) is 1. The molecule has 2 aliphatic rings. The van der Waals surface area contributed by atoms with E-state index in [9.17, 15) is 0 Å². The Hall–Kier alpha value is -0.170. The van der Waals surface area contributed by atoms with E-state index in [0.717, 1.165) is 37.1 Å². The Bertz CT molecular complexity index is 393. The van der Waals surface area contributed by atoms with Gasteiger partial charge in [0.25, 0.3) is 0 Å². The zero-order valence-electron chi connectivity index (χ0n) is 14.1. The Morgan fingerprint density at radius 2 is 2.24 bits per heavy atom. The first-order valence-corrected chi connectivity index (χ1v) is 10.5. The van der Waals surface area contributed by atoms with Crippen LogP contribution in [0.2, 0.25) is 0 Å². The summed E-state index contributed by atoms with van der Waals surface area (Å²) in [5, 5.41) is 3.70. The van der Waals surface area contributed by atoms with Gasteiger partial charge in [-0.1, -0.05) is 51.0 Å². The van der Waals surface area contributed by atoms with Gasteiger partial charge in [0, 0.05) is 12.1 Å². The van der Waals surface area contributed by atoms with Crippen LogP contribution in [0.15, 0.2) is 24.3 Å². The minimum Gasteiger partial charge on any atom is -0.324 e. The Labute approximate surface area is 132 Å². The second kappa shape index (κ2) is 7.40. The van der Waals surface area contributed by atoms with Gasteiger partial charge in [0.2, 0.25) is 0 Å². The van der Waals surface area contributed by atoms with Gasteiger partial charge >= 0.3 is 0 Å². The fraction of sp³-hybridized carbons (Fsp3) is 0.778. The Kier molecular flexibility index (Phi) is 6.05. The maximum atomic E-state index is 6.73. The number of hydrogen-bond acceptors (Lipinski definition) is 2. The summed E-state index contributed by atoms with van der Waals surface area (Å²) in [6.07, 6.45) is 11.9. The molecule has 2 aliphatic carbocycles. The van der Waals surface area contributed by atoms with E-state index in [1.165, 1.54) is 31.0 Å². The lowest BCUT2D eigenvalue weighted by Gasteiger charge is -2.20. The highest BCUT2D eigenvalue weighted by Crippen LogP contribution is 2.62. The fourth-order valence-corrected chi connectivity index (χ4v) is 6.07. The summed E-state index contributed by atoms with van der Waals surface area (Å²) in [6.45, 7) is 12.0. The van der Waals surface area contributed by atoms with Crippen molar-refractivity contribution >= 4 is 8.07 Å². The maximum Gasteiger partial charge on any atom is 0.0272 e. The van der Waals surface area contributed by atoms with Crippen LogP contribution in [-0.2, 0) is 0 Å². The molecular formula is C18H33N2P. The Morgan fingerprint density at radius 1 is 1.48 bits per heavy atom. The van der Waals surface area contributed by atoms with Gasteiger partial charge in [0.1, 0.15) is 0 Å². The number of rotatable bonds is 8. The predicted octanol–water partition coefficient (Wildman–Crippen LogP) is 4.28. The number of fused-ring (bicyclic) bond motifs is 1.